The van der Waals surface area contributed by atoms with Gasteiger partial charge in [0.25, 0.3) is 0 Å². The standard InChI is InChI=1S/C13H17N3O2/c1-2-18-13(17)16-11-5-3-6(12(11)16)10-8-4-7(9(5)10)14-15-8/h5-12H,2-4H2,1H3/t5-,6+,7-,8+,9+,10-,11-,12+,16?. The molecular weight excluding hydrogens is 230 g/mol. The highest BCUT2D eigenvalue weighted by atomic mass is 16.6. The first-order valence-electron chi connectivity index (χ1n) is 7.16. The van der Waals surface area contributed by atoms with Gasteiger partial charge in [0.15, 0.2) is 0 Å². The van der Waals surface area contributed by atoms with E-state index < -0.39 is 0 Å². The van der Waals surface area contributed by atoms with Gasteiger partial charge in [0, 0.05) is 0 Å². The second-order valence-electron chi connectivity index (χ2n) is 6.41. The summed E-state index contributed by atoms with van der Waals surface area (Å²) in [5.74, 6) is 2.81. The van der Waals surface area contributed by atoms with Crippen molar-refractivity contribution in [1.29, 1.82) is 0 Å². The number of rotatable bonds is 1. The molecule has 0 aromatic carbocycles. The monoisotopic (exact) mass is 247 g/mol. The molecule has 0 radical (unpaired) electrons. The van der Waals surface area contributed by atoms with Crippen LogP contribution in [-0.4, -0.2) is 41.8 Å². The number of carbonyl (C=O) groups excluding carboxylic acids is 1. The van der Waals surface area contributed by atoms with E-state index in [9.17, 15) is 4.79 Å². The number of azo groups is 1. The Balaban J connectivity index is 1.44. The topological polar surface area (TPSA) is 54.0 Å². The molecule has 96 valence electrons. The molecule has 0 unspecified atom stereocenters. The lowest BCUT2D eigenvalue weighted by atomic mass is 9.79. The zero-order valence-electron chi connectivity index (χ0n) is 10.4. The van der Waals surface area contributed by atoms with Crippen LogP contribution in [0, 0.1) is 23.7 Å². The summed E-state index contributed by atoms with van der Waals surface area (Å²) in [6, 6.07) is 1.90. The van der Waals surface area contributed by atoms with Crippen molar-refractivity contribution < 1.29 is 9.53 Å². The molecule has 18 heavy (non-hydrogen) atoms. The molecule has 1 amide bonds. The molecule has 2 aliphatic heterocycles. The van der Waals surface area contributed by atoms with Gasteiger partial charge in [-0.25, -0.2) is 4.79 Å². The second kappa shape index (κ2) is 2.89. The maximum Gasteiger partial charge on any atom is 0.410 e. The predicted molar refractivity (Wildman–Crippen MR) is 62.1 cm³/mol. The van der Waals surface area contributed by atoms with E-state index in [1.54, 1.807) is 0 Å². The van der Waals surface area contributed by atoms with E-state index in [2.05, 4.69) is 10.2 Å². The Bertz CT molecular complexity index is 435. The molecule has 0 spiro atoms. The lowest BCUT2D eigenvalue weighted by Crippen LogP contribution is -2.33. The molecule has 5 heteroatoms. The van der Waals surface area contributed by atoms with E-state index in [0.717, 1.165) is 11.8 Å². The van der Waals surface area contributed by atoms with Crippen molar-refractivity contribution in [2.45, 2.75) is 43.9 Å². The smallest absolute Gasteiger partial charge is 0.410 e. The Morgan fingerprint density at radius 1 is 1.17 bits per heavy atom. The highest BCUT2D eigenvalue weighted by molar-refractivity contribution is 5.73. The highest BCUT2D eigenvalue weighted by Crippen LogP contribution is 2.69. The van der Waals surface area contributed by atoms with Crippen molar-refractivity contribution >= 4 is 6.09 Å². The van der Waals surface area contributed by atoms with Crippen LogP contribution in [0.1, 0.15) is 19.8 Å². The number of hydrogen-bond donors (Lipinski definition) is 0. The largest absolute Gasteiger partial charge is 0.450 e. The third-order valence-corrected chi connectivity index (χ3v) is 5.97. The number of piperidine rings is 1. The molecule has 4 fully saturated rings. The zero-order valence-corrected chi connectivity index (χ0v) is 10.4. The molecule has 5 aliphatic rings. The number of hydrogen-bond acceptors (Lipinski definition) is 4. The van der Waals surface area contributed by atoms with Crippen molar-refractivity contribution in [3.8, 4) is 0 Å². The summed E-state index contributed by atoms with van der Waals surface area (Å²) >= 11 is 0. The van der Waals surface area contributed by atoms with Gasteiger partial charge in [-0.3, -0.25) is 4.90 Å². The van der Waals surface area contributed by atoms with Gasteiger partial charge >= 0.3 is 6.09 Å². The molecule has 0 aromatic heterocycles. The Hall–Kier alpha value is -1.13. The molecule has 3 saturated carbocycles. The molecule has 2 heterocycles. The van der Waals surface area contributed by atoms with Crippen molar-refractivity contribution in [2.75, 3.05) is 6.61 Å². The lowest BCUT2D eigenvalue weighted by Gasteiger charge is -2.28. The Morgan fingerprint density at radius 2 is 1.78 bits per heavy atom. The molecule has 0 N–H and O–H groups in total. The van der Waals surface area contributed by atoms with Crippen LogP contribution in [-0.2, 0) is 4.74 Å². The summed E-state index contributed by atoms with van der Waals surface area (Å²) in [6.45, 7) is 2.35. The molecule has 8 atom stereocenters. The van der Waals surface area contributed by atoms with Crippen molar-refractivity contribution in [3.63, 3.8) is 0 Å². The van der Waals surface area contributed by atoms with E-state index in [1.807, 2.05) is 11.8 Å². The number of amides is 1. The van der Waals surface area contributed by atoms with Crippen LogP contribution in [0.4, 0.5) is 4.79 Å². The fourth-order valence-corrected chi connectivity index (χ4v) is 5.63. The van der Waals surface area contributed by atoms with E-state index in [1.165, 1.54) is 12.8 Å². The highest BCUT2D eigenvalue weighted by Gasteiger charge is 2.76. The minimum absolute atomic E-state index is 0.0941. The van der Waals surface area contributed by atoms with E-state index in [4.69, 9.17) is 4.74 Å². The fourth-order valence-electron chi connectivity index (χ4n) is 5.63. The molecule has 3 aliphatic carbocycles. The first-order chi connectivity index (χ1) is 8.81. The van der Waals surface area contributed by atoms with Crippen LogP contribution in [0.15, 0.2) is 10.2 Å². The van der Waals surface area contributed by atoms with Gasteiger partial charge in [0.2, 0.25) is 0 Å². The van der Waals surface area contributed by atoms with E-state index >= 15 is 0 Å². The van der Waals surface area contributed by atoms with Gasteiger partial charge in [-0.15, -0.1) is 0 Å². The van der Waals surface area contributed by atoms with Gasteiger partial charge in [-0.05, 0) is 43.4 Å². The van der Waals surface area contributed by atoms with Crippen molar-refractivity contribution in [3.05, 3.63) is 0 Å². The quantitative estimate of drug-likeness (QED) is 0.523. The Morgan fingerprint density at radius 3 is 2.33 bits per heavy atom. The summed E-state index contributed by atoms with van der Waals surface area (Å²) in [5.41, 5.74) is 0. The number of ether oxygens (including phenoxy) is 1. The van der Waals surface area contributed by atoms with Crippen LogP contribution in [0.3, 0.4) is 0 Å². The molecule has 5 nitrogen and oxygen atoms in total. The first kappa shape index (κ1) is 9.75. The molecule has 0 aromatic rings. The van der Waals surface area contributed by atoms with E-state index in [0.29, 0.717) is 42.6 Å². The number of likely N-dealkylation sites (tertiary alicyclic amines) is 1. The minimum Gasteiger partial charge on any atom is -0.450 e. The Labute approximate surface area is 106 Å². The second-order valence-corrected chi connectivity index (χ2v) is 6.41. The summed E-state index contributed by atoms with van der Waals surface area (Å²) in [6.07, 6.45) is 2.39. The van der Waals surface area contributed by atoms with Gasteiger partial charge < -0.3 is 4.74 Å². The molecule has 4 bridgehead atoms. The van der Waals surface area contributed by atoms with Crippen LogP contribution in [0.25, 0.3) is 0 Å². The third-order valence-electron chi connectivity index (χ3n) is 5.97. The van der Waals surface area contributed by atoms with Crippen LogP contribution < -0.4 is 0 Å². The lowest BCUT2D eigenvalue weighted by molar-refractivity contribution is 0.125. The van der Waals surface area contributed by atoms with Crippen LogP contribution in [0.2, 0.25) is 0 Å². The van der Waals surface area contributed by atoms with Gasteiger partial charge in [-0.1, -0.05) is 0 Å². The molecule has 5 rings (SSSR count). The summed E-state index contributed by atoms with van der Waals surface area (Å²) in [7, 11) is 0. The van der Waals surface area contributed by atoms with Gasteiger partial charge in [0.1, 0.15) is 0 Å². The maximum atomic E-state index is 11.9. The van der Waals surface area contributed by atoms with Gasteiger partial charge in [-0.2, -0.15) is 10.2 Å². The van der Waals surface area contributed by atoms with Gasteiger partial charge in [0.05, 0.1) is 30.8 Å². The number of nitrogens with zero attached hydrogens (tertiary/aromatic N) is 3. The molecule has 1 saturated heterocycles. The SMILES string of the molecule is CCOC(=O)N1[C@@H]2[C@@H]3C[C@@H]([C@H]4[C@@H]3[C@H]3C[C@@H]4N=N3)[C@@H]21. The summed E-state index contributed by atoms with van der Waals surface area (Å²) in [4.78, 5) is 13.9. The third kappa shape index (κ3) is 0.884. The number of fused-ring (bicyclic) bond motifs is 12. The predicted octanol–water partition coefficient (Wildman–Crippen LogP) is 1.68. The average Bonchev–Trinajstić information content (AvgIpc) is 2.83. The molecular formula is C13H17N3O2. The van der Waals surface area contributed by atoms with Crippen LogP contribution >= 0.6 is 0 Å². The zero-order chi connectivity index (χ0) is 12.0. The normalized spacial score (nSPS) is 56.8. The fraction of sp³-hybridized carbons (Fsp3) is 0.923. The first-order valence-corrected chi connectivity index (χ1v) is 7.16. The van der Waals surface area contributed by atoms with Crippen LogP contribution in [0.5, 0.6) is 0 Å². The average molecular weight is 247 g/mol. The van der Waals surface area contributed by atoms with Crippen molar-refractivity contribution in [2.24, 2.45) is 33.9 Å². The maximum absolute atomic E-state index is 11.9. The number of carbonyl (C=O) groups is 1. The summed E-state index contributed by atoms with van der Waals surface area (Å²) in [5, 5.41) is 8.83. The van der Waals surface area contributed by atoms with E-state index in [-0.39, 0.29) is 6.09 Å². The van der Waals surface area contributed by atoms with Crippen molar-refractivity contribution in [1.82, 2.24) is 4.90 Å². The Kier molecular flexibility index (Phi) is 1.56. The minimum atomic E-state index is -0.0941. The summed E-state index contributed by atoms with van der Waals surface area (Å²) < 4.78 is 5.16.